The van der Waals surface area contributed by atoms with Gasteiger partial charge in [0.1, 0.15) is 23.7 Å². The molecule has 1 aliphatic carbocycles. The lowest BCUT2D eigenvalue weighted by Crippen LogP contribution is -2.53. The van der Waals surface area contributed by atoms with Crippen molar-refractivity contribution in [2.75, 3.05) is 53.7 Å². The molecule has 4 atom stereocenters. The molecule has 19 heteroatoms. The van der Waals surface area contributed by atoms with Crippen LogP contribution in [0.5, 0.6) is 0 Å². The molecule has 5 aliphatic rings. The van der Waals surface area contributed by atoms with Crippen molar-refractivity contribution in [3.63, 3.8) is 0 Å². The first-order valence-electron chi connectivity index (χ1n) is 23.9. The van der Waals surface area contributed by atoms with Crippen LogP contribution in [-0.2, 0) is 39.2 Å². The van der Waals surface area contributed by atoms with Gasteiger partial charge >= 0.3 is 12.2 Å². The van der Waals surface area contributed by atoms with E-state index >= 15 is 8.78 Å². The van der Waals surface area contributed by atoms with Crippen molar-refractivity contribution in [1.82, 2.24) is 40.4 Å². The SMILES string of the molecule is COC(=O)N[C@H](C(=O)N1CCCC1c1ncc(-c2ccc3c(c2)C(F)(F)c2cc(-c4ccc5nc([C@@H]6CC7(CN6C(=O)[C@H](NC(=O)OC)c6ccccc6)OCCO7)[nH]c5c4)ccc2-3)[nH]1)C1CCOCC1. The number of nitrogens with zero attached hydrogens (tertiary/aromatic N) is 4. The van der Waals surface area contributed by atoms with Crippen LogP contribution in [0.2, 0.25) is 0 Å². The normalized spacial score (nSPS) is 21.0. The van der Waals surface area contributed by atoms with Crippen molar-refractivity contribution in [2.24, 2.45) is 5.92 Å². The van der Waals surface area contributed by atoms with Gasteiger partial charge in [-0.05, 0) is 83.7 Å². The number of carbonyl (C=O) groups excluding carboxylic acids is 4. The highest BCUT2D eigenvalue weighted by molar-refractivity contribution is 5.89. The van der Waals surface area contributed by atoms with Gasteiger partial charge in [0.2, 0.25) is 5.91 Å². The van der Waals surface area contributed by atoms with Crippen LogP contribution >= 0.6 is 0 Å². The molecule has 17 nitrogen and oxygen atoms in total. The largest absolute Gasteiger partial charge is 0.453 e. The number of methoxy groups -OCH3 is 2. The number of benzene rings is 4. The van der Waals surface area contributed by atoms with E-state index in [0.29, 0.717) is 114 Å². The summed E-state index contributed by atoms with van der Waals surface area (Å²) in [4.78, 5) is 73.1. The number of alkyl halides is 2. The summed E-state index contributed by atoms with van der Waals surface area (Å²) in [5.41, 5.74) is 4.73. The zero-order valence-corrected chi connectivity index (χ0v) is 39.0. The highest BCUT2D eigenvalue weighted by Crippen LogP contribution is 2.53. The van der Waals surface area contributed by atoms with Gasteiger partial charge < -0.3 is 54.1 Å². The molecule has 11 rings (SSSR count). The number of hydrogen-bond acceptors (Lipinski definition) is 11. The smallest absolute Gasteiger partial charge is 0.407 e. The molecule has 0 bridgehead atoms. The number of likely N-dealkylation sites (tertiary alicyclic amines) is 2. The van der Waals surface area contributed by atoms with Gasteiger partial charge in [0.15, 0.2) is 5.79 Å². The second-order valence-electron chi connectivity index (χ2n) is 18.7. The van der Waals surface area contributed by atoms with Crippen molar-refractivity contribution < 1.29 is 51.6 Å². The zero-order chi connectivity index (χ0) is 49.0. The number of carbonyl (C=O) groups is 4. The summed E-state index contributed by atoms with van der Waals surface area (Å²) in [5.74, 6) is -4.11. The summed E-state index contributed by atoms with van der Waals surface area (Å²) in [5, 5.41) is 5.45. The number of alkyl carbamates (subject to hydrolysis) is 2. The second kappa shape index (κ2) is 18.5. The standard InChI is InChI=1S/C52H52F2N8O9/c1-67-49(65)59-43(29-7-4-3-5-8-29)48(64)62-28-51(70-21-22-71-51)26-42(62)46-56-38-15-12-32(25-39(38)57-46)31-10-13-34-35-14-11-33(24-37(35)52(53,54)36(34)23-31)40-27-55-45(58-40)41-9-6-18-61(41)47(63)44(60-50(66)68-2)30-16-19-69-20-17-30/h3-5,7-8,10-15,23-25,27,30,41-44H,6,9,16-22,26,28H2,1-2H3,(H,55,58)(H,56,57)(H,59,65)(H,60,66)/t41?,42-,43+,44-/m0/s1. The van der Waals surface area contributed by atoms with Crippen molar-refractivity contribution in [3.05, 3.63) is 119 Å². The lowest BCUT2D eigenvalue weighted by molar-refractivity contribution is -0.153. The van der Waals surface area contributed by atoms with E-state index < -0.39 is 54.0 Å². The number of aromatic amines is 2. The Kier molecular flexibility index (Phi) is 12.0. The Morgan fingerprint density at radius 2 is 1.42 bits per heavy atom. The second-order valence-corrected chi connectivity index (χ2v) is 18.7. The molecule has 6 heterocycles. The van der Waals surface area contributed by atoms with Gasteiger partial charge in [-0.1, -0.05) is 60.7 Å². The number of aromatic nitrogens is 4. The quantitative estimate of drug-likeness (QED) is 0.105. The molecule has 2 aromatic heterocycles. The number of fused-ring (bicyclic) bond motifs is 4. The minimum atomic E-state index is -3.33. The van der Waals surface area contributed by atoms with Gasteiger partial charge in [-0.2, -0.15) is 8.78 Å². The number of nitrogens with one attached hydrogen (secondary N) is 4. The maximum atomic E-state index is 16.8. The highest BCUT2D eigenvalue weighted by atomic mass is 19.3. The predicted octanol–water partition coefficient (Wildman–Crippen LogP) is 7.67. The van der Waals surface area contributed by atoms with Gasteiger partial charge in [0.05, 0.1) is 69.0 Å². The minimum absolute atomic E-state index is 0.0964. The maximum Gasteiger partial charge on any atom is 0.407 e. The Balaban J connectivity index is 0.836. The van der Waals surface area contributed by atoms with Gasteiger partial charge in [0.25, 0.3) is 11.8 Å². The predicted molar refractivity (Wildman–Crippen MR) is 253 cm³/mol. The summed E-state index contributed by atoms with van der Waals surface area (Å²) in [6.07, 6.45) is 3.07. The molecule has 4 saturated heterocycles. The number of imidazole rings is 2. The van der Waals surface area contributed by atoms with E-state index in [0.717, 1.165) is 6.42 Å². The van der Waals surface area contributed by atoms with E-state index in [1.165, 1.54) is 26.4 Å². The Hall–Kier alpha value is -7.22. The van der Waals surface area contributed by atoms with Crippen LogP contribution < -0.4 is 10.6 Å². The Labute approximate surface area is 406 Å². The molecule has 4 N–H and O–H groups in total. The minimum Gasteiger partial charge on any atom is -0.453 e. The zero-order valence-electron chi connectivity index (χ0n) is 39.0. The van der Waals surface area contributed by atoms with Crippen LogP contribution in [0.4, 0.5) is 18.4 Å². The molecular formula is C52H52F2N8O9. The Morgan fingerprint density at radius 1 is 0.746 bits per heavy atom. The fraction of sp³-hybridized carbons (Fsp3) is 0.385. The summed E-state index contributed by atoms with van der Waals surface area (Å²) in [6, 6.07) is 21.6. The number of H-pyrrole nitrogens is 2. The maximum absolute atomic E-state index is 16.8. The number of halogens is 2. The highest BCUT2D eigenvalue weighted by Gasteiger charge is 2.53. The molecule has 1 unspecified atom stereocenters. The topological polar surface area (TPSA) is 202 Å². The number of ether oxygens (including phenoxy) is 5. The third kappa shape index (κ3) is 8.44. The lowest BCUT2D eigenvalue weighted by Gasteiger charge is -2.34. The monoisotopic (exact) mass is 970 g/mol. The fourth-order valence-electron chi connectivity index (χ4n) is 11.0. The molecule has 6 aromatic rings. The van der Waals surface area contributed by atoms with Crippen LogP contribution in [0.15, 0.2) is 91.1 Å². The van der Waals surface area contributed by atoms with Gasteiger partial charge in [-0.3, -0.25) is 9.59 Å². The van der Waals surface area contributed by atoms with Crippen molar-refractivity contribution in [2.45, 2.75) is 68.0 Å². The number of amides is 4. The van der Waals surface area contributed by atoms with Crippen molar-refractivity contribution in [1.29, 1.82) is 0 Å². The third-order valence-electron chi connectivity index (χ3n) is 14.6. The van der Waals surface area contributed by atoms with E-state index in [1.807, 2.05) is 30.3 Å². The van der Waals surface area contributed by atoms with Crippen LogP contribution in [0.3, 0.4) is 0 Å². The van der Waals surface area contributed by atoms with Crippen molar-refractivity contribution >= 4 is 35.0 Å². The summed E-state index contributed by atoms with van der Waals surface area (Å²) in [7, 11) is 2.50. The van der Waals surface area contributed by atoms with Gasteiger partial charge in [0, 0.05) is 42.9 Å². The summed E-state index contributed by atoms with van der Waals surface area (Å²) in [6.45, 7) is 2.29. The van der Waals surface area contributed by atoms with Gasteiger partial charge in [-0.25, -0.2) is 19.6 Å². The molecule has 4 aliphatic heterocycles. The first kappa shape index (κ1) is 46.2. The van der Waals surface area contributed by atoms with Crippen LogP contribution in [0, 0.1) is 5.92 Å². The summed E-state index contributed by atoms with van der Waals surface area (Å²) >= 11 is 0. The number of rotatable bonds is 10. The average Bonchev–Trinajstić information content (AvgIpc) is 4.28. The molecule has 4 aromatic carbocycles. The fourth-order valence-corrected chi connectivity index (χ4v) is 11.0. The molecular weight excluding hydrogens is 919 g/mol. The van der Waals surface area contributed by atoms with Crippen LogP contribution in [0.25, 0.3) is 44.5 Å². The Morgan fingerprint density at radius 3 is 2.15 bits per heavy atom. The molecule has 0 radical (unpaired) electrons. The first-order valence-corrected chi connectivity index (χ1v) is 23.9. The first-order chi connectivity index (χ1) is 34.4. The third-order valence-corrected chi connectivity index (χ3v) is 14.6. The van der Waals surface area contributed by atoms with Crippen LogP contribution in [-0.4, -0.2) is 119 Å². The molecule has 4 fully saturated rings. The van der Waals surface area contributed by atoms with E-state index in [4.69, 9.17) is 28.7 Å². The average molecular weight is 971 g/mol. The molecule has 4 amide bonds. The van der Waals surface area contributed by atoms with E-state index in [-0.39, 0.29) is 35.9 Å². The van der Waals surface area contributed by atoms with E-state index in [2.05, 4.69) is 25.6 Å². The van der Waals surface area contributed by atoms with E-state index in [9.17, 15) is 19.2 Å². The van der Waals surface area contributed by atoms with Gasteiger partial charge in [-0.15, -0.1) is 0 Å². The van der Waals surface area contributed by atoms with Crippen LogP contribution in [0.1, 0.15) is 78.6 Å². The molecule has 1 spiro atoms. The van der Waals surface area contributed by atoms with E-state index in [1.54, 1.807) is 58.5 Å². The lowest BCUT2D eigenvalue weighted by atomic mass is 9.90. The Bertz CT molecular complexity index is 3020. The molecule has 0 saturated carbocycles. The molecule has 71 heavy (non-hydrogen) atoms. The summed E-state index contributed by atoms with van der Waals surface area (Å²) < 4.78 is 60.9. The van der Waals surface area contributed by atoms with Crippen molar-refractivity contribution in [3.8, 4) is 33.5 Å². The number of hydrogen-bond donors (Lipinski definition) is 4. The molecule has 368 valence electrons.